The number of aromatic carboxylic acids is 1. The van der Waals surface area contributed by atoms with Crippen LogP contribution in [0.5, 0.6) is 0 Å². The minimum Gasteiger partial charge on any atom is -0.478 e. The second kappa shape index (κ2) is 8.41. The first-order valence-electron chi connectivity index (χ1n) is 7.73. The van der Waals surface area contributed by atoms with E-state index in [2.05, 4.69) is 17.2 Å². The first kappa shape index (κ1) is 17.1. The Hall–Kier alpha value is -2.24. The number of nitrogens with zero attached hydrogens (tertiary/aromatic N) is 1. The van der Waals surface area contributed by atoms with Crippen molar-refractivity contribution in [3.63, 3.8) is 0 Å². The molecular formula is C18H22N2O3. The summed E-state index contributed by atoms with van der Waals surface area (Å²) >= 11 is 0. The molecule has 0 unspecified atom stereocenters. The molecular weight excluding hydrogens is 292 g/mol. The second-order valence-electron chi connectivity index (χ2n) is 5.52. The summed E-state index contributed by atoms with van der Waals surface area (Å²) in [7, 11) is 0. The molecule has 0 saturated carbocycles. The Morgan fingerprint density at radius 1 is 1.26 bits per heavy atom. The van der Waals surface area contributed by atoms with Crippen LogP contribution in [0.25, 0.3) is 0 Å². The first-order valence-corrected chi connectivity index (χ1v) is 7.73. The van der Waals surface area contributed by atoms with Crippen LogP contribution in [-0.2, 0) is 6.42 Å². The predicted molar refractivity (Wildman–Crippen MR) is 88.4 cm³/mol. The number of aliphatic hydroxyl groups excluding tert-OH is 1. The van der Waals surface area contributed by atoms with Gasteiger partial charge in [0, 0.05) is 30.5 Å². The molecule has 0 bridgehead atoms. The molecule has 0 amide bonds. The highest BCUT2D eigenvalue weighted by molar-refractivity contribution is 5.87. The summed E-state index contributed by atoms with van der Waals surface area (Å²) in [5.74, 6) is -0.915. The Labute approximate surface area is 136 Å². The Balaban J connectivity index is 1.88. The number of aromatic nitrogens is 1. The van der Waals surface area contributed by atoms with E-state index >= 15 is 0 Å². The van der Waals surface area contributed by atoms with Crippen LogP contribution in [0.3, 0.4) is 0 Å². The maximum atomic E-state index is 10.9. The number of nitrogens with one attached hydrogen (secondary N) is 1. The fraction of sp³-hybridized carbons (Fsp3) is 0.333. The molecule has 2 rings (SSSR count). The molecule has 0 saturated heterocycles. The average molecular weight is 314 g/mol. The third kappa shape index (κ3) is 5.16. The minimum absolute atomic E-state index is 0.219. The van der Waals surface area contributed by atoms with Gasteiger partial charge in [-0.3, -0.25) is 4.98 Å². The van der Waals surface area contributed by atoms with Crippen molar-refractivity contribution in [1.82, 2.24) is 10.3 Å². The van der Waals surface area contributed by atoms with Crippen molar-refractivity contribution < 1.29 is 15.0 Å². The zero-order valence-corrected chi connectivity index (χ0v) is 13.1. The zero-order valence-electron chi connectivity index (χ0n) is 13.1. The van der Waals surface area contributed by atoms with Crippen LogP contribution in [-0.4, -0.2) is 33.8 Å². The molecule has 1 aromatic heterocycles. The van der Waals surface area contributed by atoms with E-state index in [0.29, 0.717) is 12.1 Å². The van der Waals surface area contributed by atoms with Gasteiger partial charge < -0.3 is 15.5 Å². The smallest absolute Gasteiger partial charge is 0.335 e. The molecule has 1 heterocycles. The molecule has 1 aromatic carbocycles. The third-order valence-electron chi connectivity index (χ3n) is 3.84. The summed E-state index contributed by atoms with van der Waals surface area (Å²) in [5.41, 5.74) is 2.16. The first-order chi connectivity index (χ1) is 11.1. The monoisotopic (exact) mass is 314 g/mol. The van der Waals surface area contributed by atoms with Crippen LogP contribution in [0.2, 0.25) is 0 Å². The van der Waals surface area contributed by atoms with E-state index in [0.717, 1.165) is 24.0 Å². The molecule has 3 N–H and O–H groups in total. The number of hydrogen-bond acceptors (Lipinski definition) is 4. The van der Waals surface area contributed by atoms with Crippen molar-refractivity contribution in [2.45, 2.75) is 31.9 Å². The van der Waals surface area contributed by atoms with Crippen molar-refractivity contribution >= 4 is 5.97 Å². The second-order valence-corrected chi connectivity index (χ2v) is 5.52. The van der Waals surface area contributed by atoms with Crippen LogP contribution in [0.4, 0.5) is 0 Å². The van der Waals surface area contributed by atoms with Gasteiger partial charge in [-0.2, -0.15) is 0 Å². The van der Waals surface area contributed by atoms with Crippen molar-refractivity contribution in [2.24, 2.45) is 0 Å². The zero-order chi connectivity index (χ0) is 16.7. The normalized spacial score (nSPS) is 13.5. The lowest BCUT2D eigenvalue weighted by molar-refractivity contribution is 0.0697. The summed E-state index contributed by atoms with van der Waals surface area (Å²) in [4.78, 5) is 14.9. The van der Waals surface area contributed by atoms with Gasteiger partial charge in [0.15, 0.2) is 0 Å². The Morgan fingerprint density at radius 2 is 2.00 bits per heavy atom. The van der Waals surface area contributed by atoms with Gasteiger partial charge in [0.25, 0.3) is 0 Å². The summed E-state index contributed by atoms with van der Waals surface area (Å²) in [5, 5.41) is 22.4. The lowest BCUT2D eigenvalue weighted by Gasteiger charge is -2.20. The Morgan fingerprint density at radius 3 is 2.57 bits per heavy atom. The Bertz CT molecular complexity index is 614. The summed E-state index contributed by atoms with van der Waals surface area (Å²) in [6.45, 7) is 2.54. The van der Waals surface area contributed by atoms with Gasteiger partial charge >= 0.3 is 5.97 Å². The number of benzene rings is 1. The lowest BCUT2D eigenvalue weighted by Crippen LogP contribution is -2.34. The van der Waals surface area contributed by atoms with E-state index < -0.39 is 12.1 Å². The fourth-order valence-electron chi connectivity index (χ4n) is 2.40. The largest absolute Gasteiger partial charge is 0.478 e. The highest BCUT2D eigenvalue weighted by Gasteiger charge is 2.12. The maximum Gasteiger partial charge on any atom is 0.335 e. The van der Waals surface area contributed by atoms with E-state index in [9.17, 15) is 9.90 Å². The number of hydrogen-bond donors (Lipinski definition) is 3. The average Bonchev–Trinajstić information content (AvgIpc) is 2.59. The molecule has 5 heteroatoms. The predicted octanol–water partition coefficient (Wildman–Crippen LogP) is 2.42. The van der Waals surface area contributed by atoms with E-state index in [1.165, 1.54) is 0 Å². The minimum atomic E-state index is -0.915. The topological polar surface area (TPSA) is 82.5 Å². The molecule has 5 nitrogen and oxygen atoms in total. The van der Waals surface area contributed by atoms with Gasteiger partial charge in [0.1, 0.15) is 0 Å². The van der Waals surface area contributed by atoms with E-state index in [-0.39, 0.29) is 6.04 Å². The molecule has 2 aromatic rings. The summed E-state index contributed by atoms with van der Waals surface area (Å²) < 4.78 is 0. The number of rotatable bonds is 8. The number of pyridine rings is 1. The van der Waals surface area contributed by atoms with Crippen LogP contribution in [0.15, 0.2) is 48.8 Å². The van der Waals surface area contributed by atoms with Gasteiger partial charge in [0.05, 0.1) is 11.7 Å². The van der Waals surface area contributed by atoms with Gasteiger partial charge in [-0.15, -0.1) is 0 Å². The molecule has 0 radical (unpaired) electrons. The molecule has 2 atom stereocenters. The van der Waals surface area contributed by atoms with Crippen LogP contribution >= 0.6 is 0 Å². The molecule has 0 fully saturated rings. The van der Waals surface area contributed by atoms with E-state index in [1.54, 1.807) is 30.6 Å². The number of aliphatic hydroxyl groups is 1. The summed E-state index contributed by atoms with van der Waals surface area (Å²) in [6, 6.07) is 10.8. The molecule has 23 heavy (non-hydrogen) atoms. The molecule has 122 valence electrons. The number of carboxylic acid groups (broad SMARTS) is 1. The van der Waals surface area contributed by atoms with Gasteiger partial charge in [-0.25, -0.2) is 4.79 Å². The van der Waals surface area contributed by atoms with E-state index in [4.69, 9.17) is 5.11 Å². The quantitative estimate of drug-likeness (QED) is 0.697. The highest BCUT2D eigenvalue weighted by atomic mass is 16.4. The Kier molecular flexibility index (Phi) is 6.26. The van der Waals surface area contributed by atoms with Crippen molar-refractivity contribution in [1.29, 1.82) is 0 Å². The van der Waals surface area contributed by atoms with Gasteiger partial charge in [-0.05, 0) is 36.6 Å². The van der Waals surface area contributed by atoms with Crippen molar-refractivity contribution in [2.75, 3.05) is 6.54 Å². The standard InChI is InChI=1S/C18H22N2O3/c1-2-16(10-13-5-7-14(8-6-13)18(22)23)20-12-17(21)15-4-3-9-19-11-15/h3-9,11,16-17,20-21H,2,10,12H2,1H3,(H,22,23)/t16-,17-/m0/s1. The molecule has 0 aliphatic heterocycles. The van der Waals surface area contributed by atoms with Crippen LogP contribution in [0, 0.1) is 0 Å². The van der Waals surface area contributed by atoms with Crippen molar-refractivity contribution in [3.8, 4) is 0 Å². The van der Waals surface area contributed by atoms with Crippen molar-refractivity contribution in [3.05, 3.63) is 65.5 Å². The summed E-state index contributed by atoms with van der Waals surface area (Å²) in [6.07, 6.45) is 4.46. The lowest BCUT2D eigenvalue weighted by atomic mass is 10.0. The van der Waals surface area contributed by atoms with E-state index in [1.807, 2.05) is 18.2 Å². The fourth-order valence-corrected chi connectivity index (χ4v) is 2.40. The van der Waals surface area contributed by atoms with Gasteiger partial charge in [-0.1, -0.05) is 25.1 Å². The third-order valence-corrected chi connectivity index (χ3v) is 3.84. The SMILES string of the molecule is CC[C@@H](Cc1ccc(C(=O)O)cc1)NC[C@H](O)c1cccnc1. The van der Waals surface area contributed by atoms with Crippen LogP contribution in [0.1, 0.15) is 40.9 Å². The van der Waals surface area contributed by atoms with Crippen LogP contribution < -0.4 is 5.32 Å². The number of carbonyl (C=O) groups is 1. The molecule has 0 spiro atoms. The maximum absolute atomic E-state index is 10.9. The molecule has 0 aliphatic carbocycles. The van der Waals surface area contributed by atoms with Gasteiger partial charge in [0.2, 0.25) is 0 Å². The highest BCUT2D eigenvalue weighted by Crippen LogP contribution is 2.12. The molecule has 0 aliphatic rings. The number of carboxylic acids is 1.